The maximum absolute atomic E-state index is 13.2. The zero-order valence-electron chi connectivity index (χ0n) is 9.35. The molecule has 0 saturated heterocycles. The summed E-state index contributed by atoms with van der Waals surface area (Å²) in [5.41, 5.74) is 4.85. The molecule has 1 atom stereocenters. The van der Waals surface area contributed by atoms with Crippen molar-refractivity contribution in [3.8, 4) is 0 Å². The topological polar surface area (TPSA) is 59.1 Å². The van der Waals surface area contributed by atoms with Crippen LogP contribution in [-0.2, 0) is 5.60 Å². The minimum absolute atomic E-state index is 0.369. The fourth-order valence-electron chi connectivity index (χ4n) is 1.75. The van der Waals surface area contributed by atoms with Gasteiger partial charge in [0.05, 0.1) is 4.88 Å². The molecule has 0 aliphatic heterocycles. The Labute approximate surface area is 103 Å². The van der Waals surface area contributed by atoms with E-state index in [1.54, 1.807) is 12.1 Å². The van der Waals surface area contributed by atoms with Crippen molar-refractivity contribution in [3.05, 3.63) is 46.7 Å². The van der Waals surface area contributed by atoms with Crippen molar-refractivity contribution in [2.24, 2.45) is 0 Å². The third kappa shape index (κ3) is 2.16. The van der Waals surface area contributed by atoms with Gasteiger partial charge in [-0.2, -0.15) is 0 Å². The lowest BCUT2D eigenvalue weighted by Gasteiger charge is -2.25. The molecule has 0 fully saturated rings. The van der Waals surface area contributed by atoms with Gasteiger partial charge in [-0.05, 0) is 24.1 Å². The summed E-state index contributed by atoms with van der Waals surface area (Å²) >= 11 is 1.21. The van der Waals surface area contributed by atoms with Gasteiger partial charge in [0.15, 0.2) is 5.13 Å². The van der Waals surface area contributed by atoms with Crippen LogP contribution in [0.4, 0.5) is 9.52 Å². The fourth-order valence-corrected chi connectivity index (χ4v) is 2.61. The van der Waals surface area contributed by atoms with Crippen molar-refractivity contribution in [1.82, 2.24) is 4.98 Å². The third-order valence-corrected chi connectivity index (χ3v) is 3.72. The van der Waals surface area contributed by atoms with Gasteiger partial charge in [-0.25, -0.2) is 9.37 Å². The third-order valence-electron chi connectivity index (χ3n) is 2.75. The Hall–Kier alpha value is -1.46. The van der Waals surface area contributed by atoms with Crippen LogP contribution in [0.5, 0.6) is 0 Å². The Balaban J connectivity index is 2.51. The Morgan fingerprint density at radius 1 is 1.53 bits per heavy atom. The van der Waals surface area contributed by atoms with Crippen LogP contribution in [0.3, 0.4) is 0 Å². The molecule has 1 aromatic carbocycles. The zero-order valence-corrected chi connectivity index (χ0v) is 10.2. The standard InChI is InChI=1S/C12H13FN2OS/c1-2-12(16,10-7-15-11(14)17-10)8-4-3-5-9(13)6-8/h3-7,16H,2H2,1H3,(H2,14,15). The number of nitrogen functional groups attached to an aromatic ring is 1. The van der Waals surface area contributed by atoms with Crippen molar-refractivity contribution in [3.63, 3.8) is 0 Å². The Bertz CT molecular complexity index is 529. The van der Waals surface area contributed by atoms with Gasteiger partial charge in [-0.1, -0.05) is 30.4 Å². The van der Waals surface area contributed by atoms with Crippen LogP contribution in [0.15, 0.2) is 30.5 Å². The highest BCUT2D eigenvalue weighted by Crippen LogP contribution is 2.36. The average molecular weight is 252 g/mol. The summed E-state index contributed by atoms with van der Waals surface area (Å²) in [6.07, 6.45) is 1.96. The molecule has 17 heavy (non-hydrogen) atoms. The molecule has 2 aromatic rings. The summed E-state index contributed by atoms with van der Waals surface area (Å²) in [6, 6.07) is 5.96. The van der Waals surface area contributed by atoms with Crippen LogP contribution in [0.1, 0.15) is 23.8 Å². The summed E-state index contributed by atoms with van der Waals surface area (Å²) in [6.45, 7) is 1.83. The van der Waals surface area contributed by atoms with Crippen LogP contribution in [0.25, 0.3) is 0 Å². The van der Waals surface area contributed by atoms with Crippen LogP contribution in [0.2, 0.25) is 0 Å². The van der Waals surface area contributed by atoms with E-state index < -0.39 is 5.60 Å². The molecule has 0 spiro atoms. The molecule has 0 aliphatic carbocycles. The van der Waals surface area contributed by atoms with E-state index in [4.69, 9.17) is 5.73 Å². The van der Waals surface area contributed by atoms with Crippen LogP contribution >= 0.6 is 11.3 Å². The molecule has 3 nitrogen and oxygen atoms in total. The number of rotatable bonds is 3. The first-order valence-corrected chi connectivity index (χ1v) is 6.08. The Morgan fingerprint density at radius 3 is 2.82 bits per heavy atom. The number of nitrogens with zero attached hydrogens (tertiary/aromatic N) is 1. The number of hydrogen-bond donors (Lipinski definition) is 2. The van der Waals surface area contributed by atoms with Crippen LogP contribution in [-0.4, -0.2) is 10.1 Å². The van der Waals surface area contributed by atoms with Gasteiger partial charge in [0.1, 0.15) is 11.4 Å². The summed E-state index contributed by atoms with van der Waals surface area (Å²) in [5, 5.41) is 11.0. The summed E-state index contributed by atoms with van der Waals surface area (Å²) in [5.74, 6) is -0.369. The van der Waals surface area contributed by atoms with E-state index in [1.165, 1.54) is 29.7 Å². The lowest BCUT2D eigenvalue weighted by molar-refractivity contribution is 0.0798. The monoisotopic (exact) mass is 252 g/mol. The van der Waals surface area contributed by atoms with Gasteiger partial charge in [0.2, 0.25) is 0 Å². The van der Waals surface area contributed by atoms with Crippen LogP contribution in [0, 0.1) is 5.82 Å². The van der Waals surface area contributed by atoms with Gasteiger partial charge < -0.3 is 10.8 Å². The molecule has 90 valence electrons. The molecule has 1 heterocycles. The smallest absolute Gasteiger partial charge is 0.180 e. The number of aromatic nitrogens is 1. The molecule has 0 radical (unpaired) electrons. The summed E-state index contributed by atoms with van der Waals surface area (Å²) < 4.78 is 13.2. The molecule has 1 aromatic heterocycles. The second-order valence-corrected chi connectivity index (χ2v) is 4.85. The highest BCUT2D eigenvalue weighted by atomic mass is 32.1. The summed E-state index contributed by atoms with van der Waals surface area (Å²) in [7, 11) is 0. The first-order valence-electron chi connectivity index (χ1n) is 5.26. The van der Waals surface area contributed by atoms with E-state index in [1.807, 2.05) is 6.92 Å². The van der Waals surface area contributed by atoms with Gasteiger partial charge in [-0.3, -0.25) is 0 Å². The number of anilines is 1. The van der Waals surface area contributed by atoms with E-state index in [0.717, 1.165) is 0 Å². The highest BCUT2D eigenvalue weighted by molar-refractivity contribution is 7.15. The minimum atomic E-state index is -1.22. The molecule has 0 saturated carbocycles. The lowest BCUT2D eigenvalue weighted by atomic mass is 9.90. The van der Waals surface area contributed by atoms with Gasteiger partial charge >= 0.3 is 0 Å². The van der Waals surface area contributed by atoms with E-state index in [-0.39, 0.29) is 5.82 Å². The maximum Gasteiger partial charge on any atom is 0.180 e. The predicted molar refractivity (Wildman–Crippen MR) is 66.2 cm³/mol. The molecule has 0 aliphatic rings. The number of thiazole rings is 1. The van der Waals surface area contributed by atoms with Crippen molar-refractivity contribution in [2.45, 2.75) is 18.9 Å². The first-order chi connectivity index (χ1) is 8.06. The first kappa shape index (κ1) is 12.0. The molecule has 2 rings (SSSR count). The van der Waals surface area contributed by atoms with Gasteiger partial charge in [0.25, 0.3) is 0 Å². The SMILES string of the molecule is CCC(O)(c1cccc(F)c1)c1cnc(N)s1. The normalized spacial score (nSPS) is 14.5. The molecule has 0 amide bonds. The van der Waals surface area contributed by atoms with Gasteiger partial charge in [0, 0.05) is 6.20 Å². The molecule has 0 bridgehead atoms. The molecule has 5 heteroatoms. The zero-order chi connectivity index (χ0) is 12.5. The van der Waals surface area contributed by atoms with Gasteiger partial charge in [-0.15, -0.1) is 0 Å². The molecule has 3 N–H and O–H groups in total. The van der Waals surface area contributed by atoms with E-state index in [9.17, 15) is 9.50 Å². The second-order valence-electron chi connectivity index (χ2n) is 3.79. The minimum Gasteiger partial charge on any atom is -0.379 e. The maximum atomic E-state index is 13.2. The molecular weight excluding hydrogens is 239 g/mol. The molecular formula is C12H13FN2OS. The van der Waals surface area contributed by atoms with Crippen molar-refractivity contribution >= 4 is 16.5 Å². The Morgan fingerprint density at radius 2 is 2.29 bits per heavy atom. The van der Waals surface area contributed by atoms with Crippen molar-refractivity contribution < 1.29 is 9.50 Å². The predicted octanol–water partition coefficient (Wildman–Crippen LogP) is 2.51. The number of halogens is 1. The lowest BCUT2D eigenvalue weighted by Crippen LogP contribution is -2.25. The molecule has 1 unspecified atom stereocenters. The number of nitrogens with two attached hydrogens (primary N) is 1. The number of aliphatic hydroxyl groups is 1. The quantitative estimate of drug-likeness (QED) is 0.882. The van der Waals surface area contributed by atoms with E-state index in [0.29, 0.717) is 22.0 Å². The fraction of sp³-hybridized carbons (Fsp3) is 0.250. The summed E-state index contributed by atoms with van der Waals surface area (Å²) in [4.78, 5) is 4.55. The highest BCUT2D eigenvalue weighted by Gasteiger charge is 2.31. The largest absolute Gasteiger partial charge is 0.379 e. The number of benzene rings is 1. The van der Waals surface area contributed by atoms with E-state index >= 15 is 0 Å². The second kappa shape index (κ2) is 4.43. The van der Waals surface area contributed by atoms with Crippen LogP contribution < -0.4 is 5.73 Å². The van der Waals surface area contributed by atoms with Crippen molar-refractivity contribution in [1.29, 1.82) is 0 Å². The number of hydrogen-bond acceptors (Lipinski definition) is 4. The average Bonchev–Trinajstić information content (AvgIpc) is 2.75. The Kier molecular flexibility index (Phi) is 3.13. The van der Waals surface area contributed by atoms with E-state index in [2.05, 4.69) is 4.98 Å². The van der Waals surface area contributed by atoms with Crippen molar-refractivity contribution in [2.75, 3.05) is 5.73 Å².